The summed E-state index contributed by atoms with van der Waals surface area (Å²) >= 11 is 0. The molecule has 6 N–H and O–H groups in total. The van der Waals surface area contributed by atoms with E-state index in [-0.39, 0.29) is 24.5 Å². The molecule has 2 unspecified atom stereocenters. The van der Waals surface area contributed by atoms with Gasteiger partial charge < -0.3 is 31.5 Å². The molecule has 3 amide bonds. The second-order valence-corrected chi connectivity index (χ2v) is 10.3. The Hall–Kier alpha value is -1.76. The molecule has 31 heavy (non-hydrogen) atoms. The summed E-state index contributed by atoms with van der Waals surface area (Å²) < 4.78 is 5.39. The Balaban J connectivity index is 2.41. The average Bonchev–Trinajstić information content (AvgIpc) is 2.68. The lowest BCUT2D eigenvalue weighted by atomic mass is 9.96. The van der Waals surface area contributed by atoms with E-state index in [0.29, 0.717) is 6.42 Å². The summed E-state index contributed by atoms with van der Waals surface area (Å²) in [6, 6.07) is -1.68. The molecule has 0 radical (unpaired) electrons. The van der Waals surface area contributed by atoms with E-state index in [4.69, 9.17) is 10.5 Å². The molecule has 10 nitrogen and oxygen atoms in total. The predicted octanol–water partition coefficient (Wildman–Crippen LogP) is -0.579. The zero-order valence-electron chi connectivity index (χ0n) is 17.5. The van der Waals surface area contributed by atoms with Crippen LogP contribution in [0.2, 0.25) is 0 Å². The molecule has 5 atom stereocenters. The third-order valence-electron chi connectivity index (χ3n) is 4.76. The SMILES string of the molecule is CC(C)C1NC(=O)C2CSSCC/C=C/[C@H](CC(=O)N[C@H](N)C(=O)N2)OC(=O)C[C@@H]1O. The van der Waals surface area contributed by atoms with Gasteiger partial charge >= 0.3 is 5.97 Å². The van der Waals surface area contributed by atoms with Crippen LogP contribution in [0.5, 0.6) is 0 Å². The molecule has 0 aliphatic carbocycles. The minimum absolute atomic E-state index is 0.194. The highest BCUT2D eigenvalue weighted by molar-refractivity contribution is 8.76. The third-order valence-corrected chi connectivity index (χ3v) is 7.20. The van der Waals surface area contributed by atoms with E-state index in [9.17, 15) is 24.3 Å². The smallest absolute Gasteiger partial charge is 0.309 e. The number of hydrogen-bond donors (Lipinski definition) is 5. The van der Waals surface area contributed by atoms with Gasteiger partial charge in [-0.25, -0.2) is 0 Å². The minimum Gasteiger partial charge on any atom is -0.457 e. The molecule has 1 saturated heterocycles. The number of rotatable bonds is 1. The van der Waals surface area contributed by atoms with E-state index in [0.717, 1.165) is 5.75 Å². The summed E-state index contributed by atoms with van der Waals surface area (Å²) in [7, 11) is 2.95. The van der Waals surface area contributed by atoms with Crippen molar-refractivity contribution in [1.29, 1.82) is 0 Å². The van der Waals surface area contributed by atoms with Gasteiger partial charge in [0.25, 0.3) is 5.91 Å². The molecule has 12 heteroatoms. The normalized spacial score (nSPS) is 33.1. The van der Waals surface area contributed by atoms with Crippen LogP contribution in [0.15, 0.2) is 12.2 Å². The first-order valence-electron chi connectivity index (χ1n) is 10.1. The molecule has 2 aliphatic rings. The molecule has 0 aromatic rings. The number of aliphatic hydroxyl groups is 1. The van der Waals surface area contributed by atoms with Gasteiger partial charge in [-0.15, -0.1) is 0 Å². The van der Waals surface area contributed by atoms with Crippen molar-refractivity contribution in [2.45, 2.75) is 63.6 Å². The molecule has 0 spiro atoms. The summed E-state index contributed by atoms with van der Waals surface area (Å²) in [5, 5.41) is 18.3. The summed E-state index contributed by atoms with van der Waals surface area (Å²) in [6.45, 7) is 3.60. The number of esters is 1. The van der Waals surface area contributed by atoms with Crippen molar-refractivity contribution in [2.75, 3.05) is 11.5 Å². The lowest BCUT2D eigenvalue weighted by Crippen LogP contribution is -2.59. The highest BCUT2D eigenvalue weighted by Gasteiger charge is 2.32. The van der Waals surface area contributed by atoms with Crippen molar-refractivity contribution in [3.8, 4) is 0 Å². The average molecular weight is 475 g/mol. The molecule has 2 heterocycles. The van der Waals surface area contributed by atoms with Crippen LogP contribution >= 0.6 is 21.6 Å². The summed E-state index contributed by atoms with van der Waals surface area (Å²) in [5.74, 6) is -1.71. The fraction of sp³-hybridized carbons (Fsp3) is 0.684. The molecule has 2 bridgehead atoms. The molecule has 0 aromatic heterocycles. The fourth-order valence-corrected chi connectivity index (χ4v) is 5.26. The molecule has 0 aromatic carbocycles. The summed E-state index contributed by atoms with van der Waals surface area (Å²) in [4.78, 5) is 50.2. The Morgan fingerprint density at radius 3 is 2.55 bits per heavy atom. The van der Waals surface area contributed by atoms with Crippen molar-refractivity contribution in [1.82, 2.24) is 16.0 Å². The van der Waals surface area contributed by atoms with Crippen LogP contribution in [0.25, 0.3) is 0 Å². The first-order valence-corrected chi connectivity index (χ1v) is 12.6. The zero-order valence-corrected chi connectivity index (χ0v) is 19.2. The second-order valence-electron chi connectivity index (χ2n) is 7.71. The van der Waals surface area contributed by atoms with Gasteiger partial charge in [0.1, 0.15) is 12.1 Å². The van der Waals surface area contributed by atoms with Gasteiger partial charge in [-0.1, -0.05) is 41.5 Å². The van der Waals surface area contributed by atoms with Crippen molar-refractivity contribution >= 4 is 45.3 Å². The van der Waals surface area contributed by atoms with E-state index >= 15 is 0 Å². The van der Waals surface area contributed by atoms with Crippen LogP contribution in [-0.4, -0.2) is 70.8 Å². The standard InChI is InChI=1S/C19H30N4O6S2/c1-10(2)16-13(24)8-15(26)29-11-5-3-4-6-30-31-9-12(18(27)23-16)21-19(28)17(20)22-14(25)7-11/h3,5,10-13,16-17,24H,4,6-9,20H2,1-2H3,(H,21,28)(H,22,25)(H,23,27)/b5-3+/t11-,12?,13+,16?,17+/m1/s1. The van der Waals surface area contributed by atoms with Gasteiger partial charge in [0.2, 0.25) is 11.8 Å². The Labute approximate surface area is 189 Å². The predicted molar refractivity (Wildman–Crippen MR) is 119 cm³/mol. The molecule has 2 rings (SSSR count). The Morgan fingerprint density at radius 2 is 1.84 bits per heavy atom. The van der Waals surface area contributed by atoms with E-state index in [1.807, 2.05) is 6.08 Å². The quantitative estimate of drug-likeness (QED) is 0.190. The number of carbonyl (C=O) groups is 4. The van der Waals surface area contributed by atoms with Gasteiger partial charge in [-0.05, 0) is 18.4 Å². The minimum atomic E-state index is -1.37. The topological polar surface area (TPSA) is 160 Å². The Morgan fingerprint density at radius 1 is 1.10 bits per heavy atom. The number of hydrogen-bond acceptors (Lipinski definition) is 9. The number of nitrogens with two attached hydrogens (primary N) is 1. The second kappa shape index (κ2) is 12.3. The largest absolute Gasteiger partial charge is 0.457 e. The highest BCUT2D eigenvalue weighted by Crippen LogP contribution is 2.24. The molecular weight excluding hydrogens is 444 g/mol. The lowest BCUT2D eigenvalue weighted by Gasteiger charge is -2.29. The molecule has 0 saturated carbocycles. The van der Waals surface area contributed by atoms with Crippen molar-refractivity contribution in [3.63, 3.8) is 0 Å². The maximum Gasteiger partial charge on any atom is 0.309 e. The van der Waals surface area contributed by atoms with Gasteiger partial charge in [0.15, 0.2) is 6.17 Å². The summed E-state index contributed by atoms with van der Waals surface area (Å²) in [6.07, 6.45) is 0.0700. The Bertz CT molecular complexity index is 705. The number of carbonyl (C=O) groups excluding carboxylic acids is 4. The van der Waals surface area contributed by atoms with Gasteiger partial charge in [-0.2, -0.15) is 0 Å². The maximum absolute atomic E-state index is 12.9. The first kappa shape index (κ1) is 25.5. The number of allylic oxidation sites excluding steroid dienone is 1. The summed E-state index contributed by atoms with van der Waals surface area (Å²) in [5.41, 5.74) is 5.79. The van der Waals surface area contributed by atoms with Gasteiger partial charge in [-0.3, -0.25) is 19.2 Å². The fourth-order valence-electron chi connectivity index (χ4n) is 3.10. The molecule has 2 aliphatic heterocycles. The molecule has 174 valence electrons. The van der Waals surface area contributed by atoms with E-state index in [2.05, 4.69) is 16.0 Å². The van der Waals surface area contributed by atoms with Crippen LogP contribution in [0.4, 0.5) is 0 Å². The third kappa shape index (κ3) is 8.36. The molecular formula is C19H30N4O6S2. The number of aliphatic hydroxyl groups excluding tert-OH is 1. The van der Waals surface area contributed by atoms with Gasteiger partial charge in [0, 0.05) is 11.5 Å². The van der Waals surface area contributed by atoms with E-state index < -0.39 is 54.1 Å². The first-order chi connectivity index (χ1) is 14.7. The maximum atomic E-state index is 12.9. The van der Waals surface area contributed by atoms with Crippen LogP contribution in [0, 0.1) is 5.92 Å². The number of amides is 3. The zero-order chi connectivity index (χ0) is 23.0. The Kier molecular flexibility index (Phi) is 10.1. The van der Waals surface area contributed by atoms with Crippen LogP contribution < -0.4 is 21.7 Å². The molecule has 1 fully saturated rings. The van der Waals surface area contributed by atoms with Gasteiger partial charge in [0.05, 0.1) is 25.0 Å². The van der Waals surface area contributed by atoms with Crippen LogP contribution in [-0.2, 0) is 23.9 Å². The van der Waals surface area contributed by atoms with Crippen LogP contribution in [0.3, 0.4) is 0 Å². The number of fused-ring (bicyclic) bond motifs is 7. The van der Waals surface area contributed by atoms with Crippen molar-refractivity contribution in [3.05, 3.63) is 12.2 Å². The number of nitrogens with one attached hydrogen (secondary N) is 3. The van der Waals surface area contributed by atoms with Crippen molar-refractivity contribution < 1.29 is 29.0 Å². The lowest BCUT2D eigenvalue weighted by molar-refractivity contribution is -0.151. The van der Waals surface area contributed by atoms with E-state index in [1.54, 1.807) is 19.9 Å². The van der Waals surface area contributed by atoms with E-state index in [1.165, 1.54) is 21.6 Å². The number of ether oxygens (including phenoxy) is 1. The van der Waals surface area contributed by atoms with Crippen LogP contribution in [0.1, 0.15) is 33.1 Å². The van der Waals surface area contributed by atoms with Crippen molar-refractivity contribution in [2.24, 2.45) is 11.7 Å². The highest BCUT2D eigenvalue weighted by atomic mass is 33.1. The monoisotopic (exact) mass is 474 g/mol.